The minimum atomic E-state index is 0.497. The minimum Gasteiger partial charge on any atom is -0.334 e. The van der Waals surface area contributed by atoms with Gasteiger partial charge in [0.1, 0.15) is 5.82 Å². The van der Waals surface area contributed by atoms with Crippen LogP contribution in [0.4, 0.5) is 0 Å². The van der Waals surface area contributed by atoms with E-state index < -0.39 is 0 Å². The fraction of sp³-hybridized carbons (Fsp3) is 0.462. The Kier molecular flexibility index (Phi) is 4.34. The van der Waals surface area contributed by atoms with Gasteiger partial charge in [-0.15, -0.1) is 0 Å². The molecule has 2 aromatic heterocycles. The third-order valence-electron chi connectivity index (χ3n) is 2.69. The van der Waals surface area contributed by atoms with E-state index in [1.165, 1.54) is 5.56 Å². The lowest BCUT2D eigenvalue weighted by molar-refractivity contribution is 0.544. The topological polar surface area (TPSA) is 29.9 Å². The Balaban J connectivity index is 1.90. The quantitative estimate of drug-likeness (QED) is 0.853. The molecule has 0 aliphatic rings. The zero-order valence-corrected chi connectivity index (χ0v) is 11.2. The van der Waals surface area contributed by atoms with E-state index in [2.05, 4.69) is 51.7 Å². The molecule has 2 rings (SSSR count). The van der Waals surface area contributed by atoms with Crippen molar-refractivity contribution >= 4 is 11.3 Å². The highest BCUT2D eigenvalue weighted by Gasteiger charge is 2.03. The summed E-state index contributed by atoms with van der Waals surface area (Å²) in [5.74, 6) is 1.12. The number of rotatable bonds is 6. The van der Waals surface area contributed by atoms with Crippen molar-refractivity contribution in [1.82, 2.24) is 14.9 Å². The lowest BCUT2D eigenvalue weighted by Gasteiger charge is -2.10. The molecule has 1 N–H and O–H groups in total. The van der Waals surface area contributed by atoms with Crippen LogP contribution in [-0.4, -0.2) is 15.6 Å². The normalized spacial score (nSPS) is 11.2. The molecule has 2 aromatic rings. The Morgan fingerprint density at radius 3 is 3.06 bits per heavy atom. The highest BCUT2D eigenvalue weighted by molar-refractivity contribution is 7.07. The number of aromatic nitrogens is 2. The Hall–Kier alpha value is -1.13. The first-order chi connectivity index (χ1) is 8.25. The summed E-state index contributed by atoms with van der Waals surface area (Å²) < 4.78 is 2.23. The van der Waals surface area contributed by atoms with Crippen molar-refractivity contribution in [2.45, 2.75) is 39.4 Å². The Morgan fingerprint density at radius 1 is 1.47 bits per heavy atom. The molecule has 0 bridgehead atoms. The van der Waals surface area contributed by atoms with Crippen LogP contribution in [0, 0.1) is 0 Å². The lowest BCUT2D eigenvalue weighted by atomic mass is 10.2. The number of aryl methyl sites for hydroxylation is 2. The standard InChI is InChI=1S/C13H19N3S/c1-11(2)15-9-13-14-5-7-16(13)6-3-12-4-8-17-10-12/h4-5,7-8,10-11,15H,3,6,9H2,1-2H3. The molecular formula is C13H19N3S. The summed E-state index contributed by atoms with van der Waals surface area (Å²) in [6.07, 6.45) is 5.02. The van der Waals surface area contributed by atoms with Crippen LogP contribution < -0.4 is 5.32 Å². The van der Waals surface area contributed by atoms with Crippen molar-refractivity contribution < 1.29 is 0 Å². The van der Waals surface area contributed by atoms with Crippen molar-refractivity contribution in [3.8, 4) is 0 Å². The highest BCUT2D eigenvalue weighted by Crippen LogP contribution is 2.08. The molecule has 4 heteroatoms. The van der Waals surface area contributed by atoms with Crippen molar-refractivity contribution in [3.05, 3.63) is 40.6 Å². The third-order valence-corrected chi connectivity index (χ3v) is 3.42. The van der Waals surface area contributed by atoms with E-state index in [0.29, 0.717) is 6.04 Å². The van der Waals surface area contributed by atoms with Crippen LogP contribution in [0.15, 0.2) is 29.2 Å². The number of nitrogens with one attached hydrogen (secondary N) is 1. The number of hydrogen-bond acceptors (Lipinski definition) is 3. The summed E-state index contributed by atoms with van der Waals surface area (Å²) in [4.78, 5) is 4.39. The fourth-order valence-electron chi connectivity index (χ4n) is 1.69. The third kappa shape index (κ3) is 3.68. The maximum atomic E-state index is 4.39. The van der Waals surface area contributed by atoms with Gasteiger partial charge in [0.05, 0.1) is 6.54 Å². The van der Waals surface area contributed by atoms with Gasteiger partial charge >= 0.3 is 0 Å². The van der Waals surface area contributed by atoms with Crippen molar-refractivity contribution in [1.29, 1.82) is 0 Å². The van der Waals surface area contributed by atoms with Gasteiger partial charge in [-0.1, -0.05) is 13.8 Å². The largest absolute Gasteiger partial charge is 0.334 e. The SMILES string of the molecule is CC(C)NCc1nccn1CCc1ccsc1. The van der Waals surface area contributed by atoms with Crippen LogP contribution in [0.1, 0.15) is 25.2 Å². The molecule has 3 nitrogen and oxygen atoms in total. The van der Waals surface area contributed by atoms with Crippen LogP contribution >= 0.6 is 11.3 Å². The molecule has 0 saturated carbocycles. The van der Waals surface area contributed by atoms with Crippen LogP contribution in [0.5, 0.6) is 0 Å². The van der Waals surface area contributed by atoms with Gasteiger partial charge in [0, 0.05) is 25.0 Å². The molecule has 17 heavy (non-hydrogen) atoms. The maximum Gasteiger partial charge on any atom is 0.122 e. The summed E-state index contributed by atoms with van der Waals surface area (Å²) in [5.41, 5.74) is 1.41. The Bertz CT molecular complexity index is 431. The lowest BCUT2D eigenvalue weighted by Crippen LogP contribution is -2.24. The van der Waals surface area contributed by atoms with Crippen molar-refractivity contribution in [2.24, 2.45) is 0 Å². The first-order valence-electron chi connectivity index (χ1n) is 6.00. The average Bonchev–Trinajstić information content (AvgIpc) is 2.95. The molecule has 0 saturated heterocycles. The fourth-order valence-corrected chi connectivity index (χ4v) is 2.39. The molecule has 0 fully saturated rings. The molecule has 0 aliphatic heterocycles. The molecule has 0 unspecified atom stereocenters. The maximum absolute atomic E-state index is 4.39. The smallest absolute Gasteiger partial charge is 0.122 e. The molecule has 0 radical (unpaired) electrons. The van der Waals surface area contributed by atoms with E-state index in [-0.39, 0.29) is 0 Å². The molecular weight excluding hydrogens is 230 g/mol. The van der Waals surface area contributed by atoms with Gasteiger partial charge in [0.15, 0.2) is 0 Å². The van der Waals surface area contributed by atoms with E-state index in [0.717, 1.165) is 25.3 Å². The molecule has 2 heterocycles. The van der Waals surface area contributed by atoms with Crippen LogP contribution in [0.2, 0.25) is 0 Å². The second kappa shape index (κ2) is 5.98. The van der Waals surface area contributed by atoms with Crippen LogP contribution in [0.3, 0.4) is 0 Å². The van der Waals surface area contributed by atoms with Gasteiger partial charge in [-0.05, 0) is 28.8 Å². The summed E-state index contributed by atoms with van der Waals surface area (Å²) in [6, 6.07) is 2.69. The van der Waals surface area contributed by atoms with Crippen LogP contribution in [-0.2, 0) is 19.5 Å². The zero-order valence-electron chi connectivity index (χ0n) is 10.4. The first-order valence-corrected chi connectivity index (χ1v) is 6.94. The molecule has 0 atom stereocenters. The monoisotopic (exact) mass is 249 g/mol. The summed E-state index contributed by atoms with van der Waals surface area (Å²) in [6.45, 7) is 6.15. The Morgan fingerprint density at radius 2 is 2.35 bits per heavy atom. The first kappa shape index (κ1) is 12.3. The molecule has 0 aromatic carbocycles. The highest BCUT2D eigenvalue weighted by atomic mass is 32.1. The summed E-state index contributed by atoms with van der Waals surface area (Å²) in [7, 11) is 0. The van der Waals surface area contributed by atoms with E-state index >= 15 is 0 Å². The van der Waals surface area contributed by atoms with Gasteiger partial charge in [0.2, 0.25) is 0 Å². The van der Waals surface area contributed by atoms with E-state index in [4.69, 9.17) is 0 Å². The van der Waals surface area contributed by atoms with Gasteiger partial charge in [-0.25, -0.2) is 4.98 Å². The van der Waals surface area contributed by atoms with Crippen molar-refractivity contribution in [2.75, 3.05) is 0 Å². The van der Waals surface area contributed by atoms with E-state index in [1.54, 1.807) is 11.3 Å². The molecule has 92 valence electrons. The van der Waals surface area contributed by atoms with Gasteiger partial charge < -0.3 is 9.88 Å². The number of hydrogen-bond donors (Lipinski definition) is 1. The average molecular weight is 249 g/mol. The van der Waals surface area contributed by atoms with Gasteiger partial charge in [-0.2, -0.15) is 11.3 Å². The minimum absolute atomic E-state index is 0.497. The van der Waals surface area contributed by atoms with Gasteiger partial charge in [0.25, 0.3) is 0 Å². The predicted molar refractivity (Wildman–Crippen MR) is 72.2 cm³/mol. The van der Waals surface area contributed by atoms with Gasteiger partial charge in [-0.3, -0.25) is 0 Å². The molecule has 0 spiro atoms. The van der Waals surface area contributed by atoms with Crippen LogP contribution in [0.25, 0.3) is 0 Å². The van der Waals surface area contributed by atoms with E-state index in [9.17, 15) is 0 Å². The second-order valence-corrected chi connectivity index (χ2v) is 5.23. The number of thiophene rings is 1. The zero-order chi connectivity index (χ0) is 12.1. The predicted octanol–water partition coefficient (Wildman–Crippen LogP) is 2.69. The number of nitrogens with zero attached hydrogens (tertiary/aromatic N) is 2. The second-order valence-electron chi connectivity index (χ2n) is 4.45. The van der Waals surface area contributed by atoms with Crippen molar-refractivity contribution in [3.63, 3.8) is 0 Å². The summed E-state index contributed by atoms with van der Waals surface area (Å²) >= 11 is 1.76. The summed E-state index contributed by atoms with van der Waals surface area (Å²) in [5, 5.41) is 7.74. The van der Waals surface area contributed by atoms with E-state index in [1.807, 2.05) is 6.20 Å². The molecule has 0 amide bonds. The number of imidazole rings is 1. The Labute approximate surface area is 107 Å². The molecule has 0 aliphatic carbocycles.